The Balaban J connectivity index is 1.83. The highest BCUT2D eigenvalue weighted by atomic mass is 16.5. The van der Waals surface area contributed by atoms with Crippen LogP contribution in [0.4, 0.5) is 0 Å². The number of ketones is 1. The maximum atomic E-state index is 13.4. The lowest BCUT2D eigenvalue weighted by Gasteiger charge is -2.28. The van der Waals surface area contributed by atoms with Crippen molar-refractivity contribution in [2.24, 2.45) is 0 Å². The van der Waals surface area contributed by atoms with Crippen molar-refractivity contribution in [3.8, 4) is 11.5 Å². The van der Waals surface area contributed by atoms with Gasteiger partial charge in [0.25, 0.3) is 11.7 Å². The Morgan fingerprint density at radius 2 is 1.81 bits per heavy atom. The SMILES string of the molecule is CCOc1ccc(/C(O)=C2/C(=O)C(=O)N(CC3CCCO3)C2c2ccc(C(C)C)cc2)c(OCC)c1. The van der Waals surface area contributed by atoms with E-state index in [1.807, 2.05) is 38.1 Å². The predicted molar refractivity (Wildman–Crippen MR) is 137 cm³/mol. The summed E-state index contributed by atoms with van der Waals surface area (Å²) in [6, 6.07) is 12.2. The van der Waals surface area contributed by atoms with Gasteiger partial charge in [-0.1, -0.05) is 38.1 Å². The largest absolute Gasteiger partial charge is 0.507 e. The average molecular weight is 494 g/mol. The van der Waals surface area contributed by atoms with Crippen LogP contribution in [0, 0.1) is 0 Å². The molecule has 2 atom stereocenters. The number of carbonyl (C=O) groups excluding carboxylic acids is 2. The number of hydrogen-bond donors (Lipinski definition) is 1. The van der Waals surface area contributed by atoms with Gasteiger partial charge >= 0.3 is 0 Å². The van der Waals surface area contributed by atoms with Crippen LogP contribution in [-0.4, -0.2) is 54.2 Å². The summed E-state index contributed by atoms with van der Waals surface area (Å²) in [5.74, 6) is -0.270. The van der Waals surface area contributed by atoms with Crippen LogP contribution < -0.4 is 9.47 Å². The topological polar surface area (TPSA) is 85.3 Å². The maximum absolute atomic E-state index is 13.4. The van der Waals surface area contributed by atoms with E-state index in [-0.39, 0.29) is 17.4 Å². The van der Waals surface area contributed by atoms with E-state index in [2.05, 4.69) is 13.8 Å². The first-order valence-electron chi connectivity index (χ1n) is 12.8. The minimum Gasteiger partial charge on any atom is -0.507 e. The molecule has 0 saturated carbocycles. The lowest BCUT2D eigenvalue weighted by Crippen LogP contribution is -2.36. The minimum atomic E-state index is -0.726. The van der Waals surface area contributed by atoms with Gasteiger partial charge in [-0.3, -0.25) is 9.59 Å². The highest BCUT2D eigenvalue weighted by Crippen LogP contribution is 2.42. The van der Waals surface area contributed by atoms with Crippen molar-refractivity contribution in [3.05, 3.63) is 64.7 Å². The number of aliphatic hydroxyl groups excluding tert-OH is 1. The van der Waals surface area contributed by atoms with E-state index in [1.165, 1.54) is 0 Å². The Morgan fingerprint density at radius 3 is 2.42 bits per heavy atom. The molecule has 7 heteroatoms. The van der Waals surface area contributed by atoms with Gasteiger partial charge in [-0.15, -0.1) is 0 Å². The van der Waals surface area contributed by atoms with Gasteiger partial charge < -0.3 is 24.2 Å². The Morgan fingerprint density at radius 1 is 1.08 bits per heavy atom. The number of nitrogens with zero attached hydrogens (tertiary/aromatic N) is 1. The monoisotopic (exact) mass is 493 g/mol. The molecule has 4 rings (SSSR count). The van der Waals surface area contributed by atoms with E-state index in [1.54, 1.807) is 23.1 Å². The fraction of sp³-hybridized carbons (Fsp3) is 0.448. The van der Waals surface area contributed by atoms with Crippen LogP contribution in [0.3, 0.4) is 0 Å². The van der Waals surface area contributed by atoms with E-state index in [0.717, 1.165) is 24.0 Å². The third-order valence-electron chi connectivity index (χ3n) is 6.70. The summed E-state index contributed by atoms with van der Waals surface area (Å²) in [7, 11) is 0. The second-order valence-corrected chi connectivity index (χ2v) is 9.43. The first kappa shape index (κ1) is 25.8. The minimum absolute atomic E-state index is 0.0559. The first-order chi connectivity index (χ1) is 17.3. The molecule has 2 aliphatic heterocycles. The van der Waals surface area contributed by atoms with Crippen LogP contribution in [0.1, 0.15) is 69.2 Å². The molecule has 1 N–H and O–H groups in total. The number of benzene rings is 2. The highest BCUT2D eigenvalue weighted by molar-refractivity contribution is 6.46. The lowest BCUT2D eigenvalue weighted by atomic mass is 9.93. The van der Waals surface area contributed by atoms with Crippen LogP contribution in [0.15, 0.2) is 48.0 Å². The third-order valence-corrected chi connectivity index (χ3v) is 6.70. The van der Waals surface area contributed by atoms with Crippen molar-refractivity contribution >= 4 is 17.4 Å². The van der Waals surface area contributed by atoms with Gasteiger partial charge in [0.2, 0.25) is 0 Å². The lowest BCUT2D eigenvalue weighted by molar-refractivity contribution is -0.140. The molecular weight excluding hydrogens is 458 g/mol. The molecule has 0 aromatic heterocycles. The number of likely N-dealkylation sites (tertiary alicyclic amines) is 1. The van der Waals surface area contributed by atoms with Crippen molar-refractivity contribution in [2.45, 2.75) is 58.6 Å². The number of aliphatic hydroxyl groups is 1. The van der Waals surface area contributed by atoms with Gasteiger partial charge in [-0.25, -0.2) is 0 Å². The second kappa shape index (κ2) is 11.2. The Kier molecular flexibility index (Phi) is 7.99. The van der Waals surface area contributed by atoms with Crippen LogP contribution in [0.2, 0.25) is 0 Å². The molecule has 7 nitrogen and oxygen atoms in total. The molecule has 2 aromatic rings. The van der Waals surface area contributed by atoms with Crippen LogP contribution in [0.5, 0.6) is 11.5 Å². The molecule has 2 fully saturated rings. The van der Waals surface area contributed by atoms with Crippen molar-refractivity contribution in [2.75, 3.05) is 26.4 Å². The number of carbonyl (C=O) groups is 2. The summed E-state index contributed by atoms with van der Waals surface area (Å²) < 4.78 is 17.1. The van der Waals surface area contributed by atoms with E-state index >= 15 is 0 Å². The molecule has 0 radical (unpaired) electrons. The average Bonchev–Trinajstić information content (AvgIpc) is 3.47. The number of rotatable bonds is 9. The molecule has 0 aliphatic carbocycles. The normalized spacial score (nSPS) is 21.4. The molecule has 192 valence electrons. The van der Waals surface area contributed by atoms with Crippen LogP contribution >= 0.6 is 0 Å². The van der Waals surface area contributed by atoms with E-state index < -0.39 is 17.7 Å². The van der Waals surface area contributed by atoms with Crippen molar-refractivity contribution in [1.29, 1.82) is 0 Å². The van der Waals surface area contributed by atoms with Crippen molar-refractivity contribution in [1.82, 2.24) is 4.90 Å². The van der Waals surface area contributed by atoms with Crippen LogP contribution in [-0.2, 0) is 14.3 Å². The van der Waals surface area contributed by atoms with E-state index in [4.69, 9.17) is 14.2 Å². The zero-order chi connectivity index (χ0) is 25.8. The van der Waals surface area contributed by atoms with Gasteiger partial charge in [0, 0.05) is 19.2 Å². The van der Waals surface area contributed by atoms with Gasteiger partial charge in [-0.05, 0) is 55.9 Å². The standard InChI is InChI=1S/C29H35NO6/c1-5-34-21-13-14-23(24(16-21)35-6-2)27(31)25-26(20-11-9-19(10-12-20)18(3)4)30(29(33)28(25)32)17-22-8-7-15-36-22/h9-14,16,18,22,26,31H,5-8,15,17H2,1-4H3/b27-25-. The van der Waals surface area contributed by atoms with Crippen molar-refractivity contribution in [3.63, 3.8) is 0 Å². The van der Waals surface area contributed by atoms with E-state index in [9.17, 15) is 14.7 Å². The zero-order valence-electron chi connectivity index (χ0n) is 21.5. The molecular formula is C29H35NO6. The third kappa shape index (κ3) is 5.12. The molecule has 1 amide bonds. The van der Waals surface area contributed by atoms with Gasteiger partial charge in [0.05, 0.1) is 36.5 Å². The summed E-state index contributed by atoms with van der Waals surface area (Å²) >= 11 is 0. The highest BCUT2D eigenvalue weighted by Gasteiger charge is 2.47. The fourth-order valence-corrected chi connectivity index (χ4v) is 4.86. The Hall–Kier alpha value is -3.32. The number of Topliss-reactive ketones (excluding diaryl/α,β-unsaturated/α-hetero) is 1. The second-order valence-electron chi connectivity index (χ2n) is 9.43. The quantitative estimate of drug-likeness (QED) is 0.293. The molecule has 2 heterocycles. The summed E-state index contributed by atoms with van der Waals surface area (Å²) in [6.07, 6.45) is 1.62. The Bertz CT molecular complexity index is 1130. The molecule has 0 bridgehead atoms. The summed E-state index contributed by atoms with van der Waals surface area (Å²) in [4.78, 5) is 28.2. The van der Waals surface area contributed by atoms with Crippen LogP contribution in [0.25, 0.3) is 5.76 Å². The van der Waals surface area contributed by atoms with Gasteiger partial charge in [0.1, 0.15) is 17.3 Å². The predicted octanol–water partition coefficient (Wildman–Crippen LogP) is 5.21. The Labute approximate surface area is 212 Å². The summed E-state index contributed by atoms with van der Waals surface area (Å²) in [6.45, 7) is 9.73. The maximum Gasteiger partial charge on any atom is 0.295 e. The number of amides is 1. The molecule has 36 heavy (non-hydrogen) atoms. The van der Waals surface area contributed by atoms with Gasteiger partial charge in [0.15, 0.2) is 0 Å². The molecule has 2 aliphatic rings. The van der Waals surface area contributed by atoms with Crippen molar-refractivity contribution < 1.29 is 28.9 Å². The molecule has 2 aromatic carbocycles. The molecule has 0 spiro atoms. The summed E-state index contributed by atoms with van der Waals surface area (Å²) in [5, 5.41) is 11.5. The summed E-state index contributed by atoms with van der Waals surface area (Å²) in [5.41, 5.74) is 2.32. The van der Waals surface area contributed by atoms with E-state index in [0.29, 0.717) is 49.3 Å². The molecule has 2 unspecified atom stereocenters. The fourth-order valence-electron chi connectivity index (χ4n) is 4.86. The molecule has 2 saturated heterocycles. The number of hydrogen-bond acceptors (Lipinski definition) is 6. The number of ether oxygens (including phenoxy) is 3. The zero-order valence-corrected chi connectivity index (χ0v) is 21.5. The smallest absolute Gasteiger partial charge is 0.295 e. The first-order valence-corrected chi connectivity index (χ1v) is 12.8. The van der Waals surface area contributed by atoms with Gasteiger partial charge in [-0.2, -0.15) is 0 Å².